The highest BCUT2D eigenvalue weighted by Crippen LogP contribution is 2.32. The van der Waals surface area contributed by atoms with E-state index < -0.39 is 16.0 Å². The van der Waals surface area contributed by atoms with Crippen molar-refractivity contribution >= 4 is 16.0 Å². The Morgan fingerprint density at radius 1 is 1.12 bits per heavy atom. The lowest BCUT2D eigenvalue weighted by Crippen LogP contribution is -2.25. The van der Waals surface area contributed by atoms with Crippen molar-refractivity contribution in [1.82, 2.24) is 9.29 Å². The molecule has 0 aliphatic rings. The van der Waals surface area contributed by atoms with E-state index in [1.165, 1.54) is 0 Å². The predicted octanol–water partition coefficient (Wildman–Crippen LogP) is 3.65. The van der Waals surface area contributed by atoms with Gasteiger partial charge in [0.25, 0.3) is 0 Å². The molecule has 0 unspecified atom stereocenters. The highest BCUT2D eigenvalue weighted by atomic mass is 32.2. The van der Waals surface area contributed by atoms with Gasteiger partial charge < -0.3 is 9.67 Å². The summed E-state index contributed by atoms with van der Waals surface area (Å²) >= 11 is 0. The van der Waals surface area contributed by atoms with Crippen molar-refractivity contribution in [1.29, 1.82) is 5.26 Å². The highest BCUT2D eigenvalue weighted by molar-refractivity contribution is 7.89. The molecular weight excluding hydrogens is 426 g/mol. The van der Waals surface area contributed by atoms with Gasteiger partial charge in [-0.25, -0.2) is 17.9 Å². The molecule has 0 spiro atoms. The number of carboxylic acids is 1. The van der Waals surface area contributed by atoms with Crippen molar-refractivity contribution in [3.63, 3.8) is 0 Å². The molecule has 0 saturated heterocycles. The Labute approximate surface area is 188 Å². The van der Waals surface area contributed by atoms with Crippen molar-refractivity contribution < 1.29 is 18.3 Å². The van der Waals surface area contributed by atoms with Crippen LogP contribution in [0.3, 0.4) is 0 Å². The topological polar surface area (TPSA) is 112 Å². The fourth-order valence-electron chi connectivity index (χ4n) is 3.77. The third-order valence-corrected chi connectivity index (χ3v) is 6.92. The third-order valence-electron chi connectivity index (χ3n) is 5.44. The van der Waals surface area contributed by atoms with Gasteiger partial charge in [-0.05, 0) is 43.0 Å². The highest BCUT2D eigenvalue weighted by Gasteiger charge is 2.25. The van der Waals surface area contributed by atoms with Gasteiger partial charge in [0.1, 0.15) is 11.8 Å². The first kappa shape index (κ1) is 23.3. The molecule has 7 nitrogen and oxygen atoms in total. The van der Waals surface area contributed by atoms with E-state index in [-0.39, 0.29) is 17.1 Å². The first-order valence-corrected chi connectivity index (χ1v) is 11.7. The van der Waals surface area contributed by atoms with Crippen LogP contribution >= 0.6 is 0 Å². The maximum Gasteiger partial charge on any atom is 0.353 e. The van der Waals surface area contributed by atoms with Crippen molar-refractivity contribution in [3.8, 4) is 17.2 Å². The second-order valence-corrected chi connectivity index (χ2v) is 9.30. The summed E-state index contributed by atoms with van der Waals surface area (Å²) in [7, 11) is -1.93. The molecule has 0 fully saturated rings. The minimum absolute atomic E-state index is 0.0806. The molecule has 0 amide bonds. The van der Waals surface area contributed by atoms with Gasteiger partial charge in [-0.2, -0.15) is 5.26 Å². The summed E-state index contributed by atoms with van der Waals surface area (Å²) in [6.07, 6.45) is 1.01. The van der Waals surface area contributed by atoms with Gasteiger partial charge in [-0.15, -0.1) is 0 Å². The van der Waals surface area contributed by atoms with Gasteiger partial charge in [-0.1, -0.05) is 48.9 Å². The van der Waals surface area contributed by atoms with Crippen LogP contribution in [0, 0.1) is 18.3 Å². The largest absolute Gasteiger partial charge is 0.477 e. The number of carbonyl (C=O) groups is 1. The molecule has 32 heavy (non-hydrogen) atoms. The van der Waals surface area contributed by atoms with Gasteiger partial charge in [0.15, 0.2) is 0 Å². The van der Waals surface area contributed by atoms with Crippen LogP contribution in [0.4, 0.5) is 0 Å². The number of nitrogens with zero attached hydrogens (tertiary/aromatic N) is 2. The molecular formula is C24H25N3O4S. The minimum atomic E-state index is -3.58. The molecule has 0 radical (unpaired) electrons. The lowest BCUT2D eigenvalue weighted by Gasteiger charge is -2.08. The molecule has 3 aromatic rings. The predicted molar refractivity (Wildman–Crippen MR) is 122 cm³/mol. The lowest BCUT2D eigenvalue weighted by atomic mass is 9.98. The van der Waals surface area contributed by atoms with Crippen molar-refractivity contribution in [2.75, 3.05) is 6.54 Å². The quantitative estimate of drug-likeness (QED) is 0.543. The monoisotopic (exact) mass is 451 g/mol. The number of aromatic carboxylic acids is 1. The first-order valence-electron chi connectivity index (χ1n) is 10.2. The Kier molecular flexibility index (Phi) is 6.82. The van der Waals surface area contributed by atoms with Crippen LogP contribution in [0.15, 0.2) is 53.4 Å². The average Bonchev–Trinajstić information content (AvgIpc) is 3.06. The van der Waals surface area contributed by atoms with Crippen LogP contribution in [-0.4, -0.2) is 30.6 Å². The number of hydrogen-bond donors (Lipinski definition) is 2. The Balaban J connectivity index is 1.79. The van der Waals surface area contributed by atoms with Gasteiger partial charge in [0.05, 0.1) is 10.5 Å². The first-order chi connectivity index (χ1) is 15.2. The standard InChI is InChI=1S/C24H25N3O4S/c1-4-21-20(15-25)22(23(24(28)29)27(21)3)18-9-7-17(8-10-18)13-14-26-32(30,31)19-11-5-16(2)6-12-19/h5-12,26H,4,13-14H2,1-3H3,(H,28,29). The maximum absolute atomic E-state index is 12.4. The van der Waals surface area contributed by atoms with E-state index in [4.69, 9.17) is 0 Å². The van der Waals surface area contributed by atoms with E-state index in [0.717, 1.165) is 11.1 Å². The zero-order chi connectivity index (χ0) is 23.5. The number of sulfonamides is 1. The molecule has 0 atom stereocenters. The van der Waals surface area contributed by atoms with E-state index in [0.29, 0.717) is 35.2 Å². The normalized spacial score (nSPS) is 11.3. The smallest absolute Gasteiger partial charge is 0.353 e. The third kappa shape index (κ3) is 4.59. The number of nitrogens with one attached hydrogen (secondary N) is 1. The van der Waals surface area contributed by atoms with E-state index in [1.54, 1.807) is 48.0 Å². The van der Waals surface area contributed by atoms with Gasteiger partial charge in [-0.3, -0.25) is 0 Å². The Hall–Kier alpha value is -3.41. The number of nitriles is 1. The average molecular weight is 452 g/mol. The fraction of sp³-hybridized carbons (Fsp3) is 0.250. The van der Waals surface area contributed by atoms with Crippen LogP contribution in [0.1, 0.15) is 39.8 Å². The molecule has 2 aromatic carbocycles. The summed E-state index contributed by atoms with van der Waals surface area (Å²) in [6, 6.07) is 16.0. The van der Waals surface area contributed by atoms with Crippen LogP contribution in [0.2, 0.25) is 0 Å². The number of benzene rings is 2. The molecule has 0 aliphatic heterocycles. The van der Waals surface area contributed by atoms with Crippen molar-refractivity contribution in [2.45, 2.75) is 31.6 Å². The Morgan fingerprint density at radius 2 is 1.75 bits per heavy atom. The number of hydrogen-bond acceptors (Lipinski definition) is 4. The summed E-state index contributed by atoms with van der Waals surface area (Å²) in [4.78, 5) is 12.1. The summed E-state index contributed by atoms with van der Waals surface area (Å²) in [6.45, 7) is 4.00. The number of carboxylic acid groups (broad SMARTS) is 1. The molecule has 0 bridgehead atoms. The molecule has 0 saturated carbocycles. The number of aryl methyl sites for hydroxylation is 1. The van der Waals surface area contributed by atoms with Crippen molar-refractivity contribution in [3.05, 3.63) is 76.6 Å². The summed E-state index contributed by atoms with van der Waals surface area (Å²) < 4.78 is 29.0. The lowest BCUT2D eigenvalue weighted by molar-refractivity contribution is 0.0687. The minimum Gasteiger partial charge on any atom is -0.477 e. The van der Waals surface area contributed by atoms with E-state index in [9.17, 15) is 23.6 Å². The van der Waals surface area contributed by atoms with E-state index >= 15 is 0 Å². The summed E-state index contributed by atoms with van der Waals surface area (Å²) in [5.41, 5.74) is 4.04. The zero-order valence-corrected chi connectivity index (χ0v) is 19.0. The number of rotatable bonds is 8. The summed E-state index contributed by atoms with van der Waals surface area (Å²) in [5.74, 6) is -1.09. The second-order valence-electron chi connectivity index (χ2n) is 7.53. The molecule has 8 heteroatoms. The van der Waals surface area contributed by atoms with Crippen LogP contribution in [0.5, 0.6) is 0 Å². The van der Waals surface area contributed by atoms with Gasteiger partial charge in [0.2, 0.25) is 10.0 Å². The fourth-order valence-corrected chi connectivity index (χ4v) is 4.80. The molecule has 0 aliphatic carbocycles. The Bertz CT molecular complexity index is 1280. The molecule has 1 heterocycles. The zero-order valence-electron chi connectivity index (χ0n) is 18.2. The van der Waals surface area contributed by atoms with Gasteiger partial charge >= 0.3 is 5.97 Å². The molecule has 2 N–H and O–H groups in total. The van der Waals surface area contributed by atoms with Gasteiger partial charge in [0, 0.05) is 24.8 Å². The van der Waals surface area contributed by atoms with Crippen molar-refractivity contribution in [2.24, 2.45) is 7.05 Å². The van der Waals surface area contributed by atoms with E-state index in [1.807, 2.05) is 26.0 Å². The molecule has 1 aromatic heterocycles. The molecule has 166 valence electrons. The Morgan fingerprint density at radius 3 is 2.28 bits per heavy atom. The van der Waals surface area contributed by atoms with Crippen LogP contribution in [-0.2, 0) is 29.9 Å². The summed E-state index contributed by atoms with van der Waals surface area (Å²) in [5, 5.41) is 19.3. The molecule has 3 rings (SSSR count). The van der Waals surface area contributed by atoms with Crippen LogP contribution in [0.25, 0.3) is 11.1 Å². The number of aromatic nitrogens is 1. The SMILES string of the molecule is CCc1c(C#N)c(-c2ccc(CCNS(=O)(=O)c3ccc(C)cc3)cc2)c(C(=O)O)n1C. The maximum atomic E-state index is 12.4. The second kappa shape index (κ2) is 9.39. The van der Waals surface area contributed by atoms with Crippen LogP contribution < -0.4 is 4.72 Å². The van der Waals surface area contributed by atoms with E-state index in [2.05, 4.69) is 10.8 Å².